The molecule has 0 saturated carbocycles. The minimum absolute atomic E-state index is 0.551. The van der Waals surface area contributed by atoms with Gasteiger partial charge in [-0.1, -0.05) is 11.6 Å². The predicted octanol–water partition coefficient (Wildman–Crippen LogP) is 3.63. The summed E-state index contributed by atoms with van der Waals surface area (Å²) in [6.07, 6.45) is 4.09. The van der Waals surface area contributed by atoms with Crippen molar-refractivity contribution in [3.05, 3.63) is 28.8 Å². The van der Waals surface area contributed by atoms with Gasteiger partial charge in [0.05, 0.1) is 10.6 Å². The number of anilines is 1. The molecule has 1 aliphatic rings. The number of rotatable bonds is 1. The standard InChI is InChI=1S/C11H11ClN2.CH4OS/c12-11-7-10(4-3-9(11)8-13)14-5-1-2-6-14;1-3-2/h3-4,7H,1-2,5-6H2;2H,1H3. The van der Waals surface area contributed by atoms with Crippen LogP contribution in [0.25, 0.3) is 0 Å². The van der Waals surface area contributed by atoms with Crippen molar-refractivity contribution in [3.63, 3.8) is 0 Å². The van der Waals surface area contributed by atoms with E-state index >= 15 is 0 Å². The lowest BCUT2D eigenvalue weighted by Gasteiger charge is -2.17. The maximum absolute atomic E-state index is 8.73. The van der Waals surface area contributed by atoms with Crippen LogP contribution in [0.15, 0.2) is 18.2 Å². The summed E-state index contributed by atoms with van der Waals surface area (Å²) in [6, 6.07) is 7.70. The fraction of sp³-hybridized carbons (Fsp3) is 0.417. The van der Waals surface area contributed by atoms with E-state index in [4.69, 9.17) is 21.4 Å². The molecule has 0 aromatic heterocycles. The zero-order valence-corrected chi connectivity index (χ0v) is 11.3. The Morgan fingerprint density at radius 2 is 2.00 bits per heavy atom. The molecule has 0 radical (unpaired) electrons. The molecule has 5 heteroatoms. The van der Waals surface area contributed by atoms with Gasteiger partial charge in [0.25, 0.3) is 0 Å². The lowest BCUT2D eigenvalue weighted by molar-refractivity contribution is 0.669. The third kappa shape index (κ3) is 4.12. The Morgan fingerprint density at radius 1 is 1.41 bits per heavy atom. The van der Waals surface area contributed by atoms with E-state index in [0.717, 1.165) is 30.8 Å². The Morgan fingerprint density at radius 3 is 2.47 bits per heavy atom. The predicted molar refractivity (Wildman–Crippen MR) is 73.8 cm³/mol. The van der Waals surface area contributed by atoms with Crippen LogP contribution in [0.5, 0.6) is 0 Å². The van der Waals surface area contributed by atoms with Crippen molar-refractivity contribution in [2.24, 2.45) is 0 Å². The van der Waals surface area contributed by atoms with E-state index in [1.807, 2.05) is 12.1 Å². The summed E-state index contributed by atoms with van der Waals surface area (Å²) in [5, 5.41) is 9.28. The van der Waals surface area contributed by atoms with Gasteiger partial charge in [-0.05, 0) is 43.1 Å². The first-order chi connectivity index (χ1) is 8.22. The Balaban J connectivity index is 0.000000437. The SMILES string of the molecule is CSO.N#Cc1ccc(N2CCCC2)cc1Cl. The van der Waals surface area contributed by atoms with E-state index in [2.05, 4.69) is 11.0 Å². The molecule has 92 valence electrons. The van der Waals surface area contributed by atoms with Crippen molar-refractivity contribution in [1.29, 1.82) is 5.26 Å². The van der Waals surface area contributed by atoms with Gasteiger partial charge < -0.3 is 9.45 Å². The molecule has 3 nitrogen and oxygen atoms in total. The van der Waals surface area contributed by atoms with Crippen molar-refractivity contribution in [3.8, 4) is 6.07 Å². The Kier molecular flexibility index (Phi) is 6.20. The monoisotopic (exact) mass is 270 g/mol. The van der Waals surface area contributed by atoms with Gasteiger partial charge in [-0.25, -0.2) is 0 Å². The Hall–Kier alpha value is -0.890. The minimum Gasteiger partial charge on any atom is -0.371 e. The molecule has 0 spiro atoms. The van der Waals surface area contributed by atoms with Gasteiger partial charge in [-0.3, -0.25) is 0 Å². The lowest BCUT2D eigenvalue weighted by atomic mass is 10.2. The van der Waals surface area contributed by atoms with Crippen molar-refractivity contribution in [1.82, 2.24) is 0 Å². The van der Waals surface area contributed by atoms with E-state index in [9.17, 15) is 0 Å². The summed E-state index contributed by atoms with van der Waals surface area (Å²) in [4.78, 5) is 2.30. The summed E-state index contributed by atoms with van der Waals surface area (Å²) < 4.78 is 7.49. The van der Waals surface area contributed by atoms with E-state index in [-0.39, 0.29) is 0 Å². The quantitative estimate of drug-likeness (QED) is 0.792. The van der Waals surface area contributed by atoms with Gasteiger partial charge in [0.2, 0.25) is 0 Å². The highest BCUT2D eigenvalue weighted by Gasteiger charge is 2.13. The number of benzene rings is 1. The van der Waals surface area contributed by atoms with E-state index in [0.29, 0.717) is 10.6 Å². The summed E-state index contributed by atoms with van der Waals surface area (Å²) in [5.41, 5.74) is 1.68. The first kappa shape index (κ1) is 14.2. The normalized spacial score (nSPS) is 13.9. The van der Waals surface area contributed by atoms with E-state index in [1.54, 1.807) is 12.3 Å². The van der Waals surface area contributed by atoms with E-state index < -0.39 is 0 Å². The molecular weight excluding hydrogens is 256 g/mol. The second kappa shape index (κ2) is 7.44. The van der Waals surface area contributed by atoms with Crippen molar-refractivity contribution >= 4 is 29.3 Å². The van der Waals surface area contributed by atoms with Crippen LogP contribution < -0.4 is 4.90 Å². The lowest BCUT2D eigenvalue weighted by Crippen LogP contribution is -2.17. The molecule has 1 saturated heterocycles. The maximum Gasteiger partial charge on any atom is 0.101 e. The molecule has 0 atom stereocenters. The summed E-state index contributed by atoms with van der Waals surface area (Å²) in [7, 11) is 0. The molecule has 0 unspecified atom stereocenters. The number of nitriles is 1. The average molecular weight is 271 g/mol. The average Bonchev–Trinajstić information content (AvgIpc) is 2.83. The van der Waals surface area contributed by atoms with Gasteiger partial charge in [0.1, 0.15) is 6.07 Å². The van der Waals surface area contributed by atoms with Crippen LogP contribution in [0.3, 0.4) is 0 Å². The first-order valence-corrected chi connectivity index (χ1v) is 6.91. The van der Waals surface area contributed by atoms with Crippen LogP contribution in [0, 0.1) is 11.3 Å². The summed E-state index contributed by atoms with van der Waals surface area (Å²) in [5.74, 6) is 0. The molecule has 1 heterocycles. The van der Waals surface area contributed by atoms with Crippen LogP contribution >= 0.6 is 23.6 Å². The second-order valence-electron chi connectivity index (χ2n) is 3.65. The molecule has 0 aliphatic carbocycles. The smallest absolute Gasteiger partial charge is 0.101 e. The largest absolute Gasteiger partial charge is 0.371 e. The molecular formula is C12H15ClN2OS. The van der Waals surface area contributed by atoms with Crippen LogP contribution in [-0.4, -0.2) is 23.9 Å². The van der Waals surface area contributed by atoms with Crippen LogP contribution in [-0.2, 0) is 0 Å². The van der Waals surface area contributed by atoms with Crippen molar-refractivity contribution in [2.75, 3.05) is 24.2 Å². The van der Waals surface area contributed by atoms with Crippen molar-refractivity contribution in [2.45, 2.75) is 12.8 Å². The molecule has 17 heavy (non-hydrogen) atoms. The van der Waals surface area contributed by atoms with Gasteiger partial charge in [-0.15, -0.1) is 0 Å². The molecule has 1 aromatic carbocycles. The van der Waals surface area contributed by atoms with E-state index in [1.165, 1.54) is 12.8 Å². The van der Waals surface area contributed by atoms with Crippen LogP contribution in [0.2, 0.25) is 5.02 Å². The topological polar surface area (TPSA) is 47.3 Å². The van der Waals surface area contributed by atoms with Gasteiger partial charge >= 0.3 is 0 Å². The highest BCUT2D eigenvalue weighted by Crippen LogP contribution is 2.25. The van der Waals surface area contributed by atoms with Crippen LogP contribution in [0.1, 0.15) is 18.4 Å². The highest BCUT2D eigenvalue weighted by atomic mass is 35.5. The van der Waals surface area contributed by atoms with Gasteiger partial charge in [-0.2, -0.15) is 5.26 Å². The molecule has 1 aromatic rings. The van der Waals surface area contributed by atoms with Gasteiger partial charge in [0, 0.05) is 25.0 Å². The number of nitrogens with zero attached hydrogens (tertiary/aromatic N) is 2. The minimum atomic E-state index is 0.551. The molecule has 0 bridgehead atoms. The fourth-order valence-electron chi connectivity index (χ4n) is 1.77. The molecule has 1 N–H and O–H groups in total. The van der Waals surface area contributed by atoms with Crippen molar-refractivity contribution < 1.29 is 4.55 Å². The third-order valence-electron chi connectivity index (χ3n) is 2.54. The zero-order valence-electron chi connectivity index (χ0n) is 9.69. The number of hydrogen-bond donors (Lipinski definition) is 1. The number of halogens is 1. The summed E-state index contributed by atoms with van der Waals surface area (Å²) in [6.45, 7) is 2.20. The third-order valence-corrected chi connectivity index (χ3v) is 2.86. The zero-order chi connectivity index (χ0) is 12.7. The molecule has 0 amide bonds. The summed E-state index contributed by atoms with van der Waals surface area (Å²) >= 11 is 6.71. The van der Waals surface area contributed by atoms with Gasteiger partial charge in [0.15, 0.2) is 0 Å². The highest BCUT2D eigenvalue weighted by molar-refractivity contribution is 7.93. The maximum atomic E-state index is 8.73. The Bertz CT molecular complexity index is 400. The molecule has 1 aliphatic heterocycles. The first-order valence-electron chi connectivity index (χ1n) is 5.35. The molecule has 2 rings (SSSR count). The second-order valence-corrected chi connectivity index (χ2v) is 4.43. The van der Waals surface area contributed by atoms with Crippen LogP contribution in [0.4, 0.5) is 5.69 Å². The number of hydrogen-bond acceptors (Lipinski definition) is 4. The fourth-order valence-corrected chi connectivity index (χ4v) is 1.98. The Labute approximate surface area is 111 Å². The molecule has 1 fully saturated rings.